The Morgan fingerprint density at radius 1 is 1.36 bits per heavy atom. The second-order valence-electron chi connectivity index (χ2n) is 4.53. The number of nitrogens with one attached hydrogen (secondary N) is 1. The minimum atomic E-state index is -0.0536. The molecule has 4 nitrogen and oxygen atoms in total. The topological polar surface area (TPSA) is 58.4 Å². The van der Waals surface area contributed by atoms with Gasteiger partial charge in [0.1, 0.15) is 0 Å². The van der Waals surface area contributed by atoms with Crippen LogP contribution >= 0.6 is 0 Å². The summed E-state index contributed by atoms with van der Waals surface area (Å²) in [5, 5.41) is 0. The Kier molecular flexibility index (Phi) is 3.03. The molecule has 3 N–H and O–H groups in total. The molecule has 0 aromatic carbocycles. The fraction of sp³-hybridized carbons (Fsp3) is 0.900. The molecular formula is C10H19N3O. The number of carbonyl (C=O) groups is 1. The van der Waals surface area contributed by atoms with E-state index in [4.69, 9.17) is 5.84 Å². The summed E-state index contributed by atoms with van der Waals surface area (Å²) in [5.41, 5.74) is 2.17. The summed E-state index contributed by atoms with van der Waals surface area (Å²) < 4.78 is 0. The van der Waals surface area contributed by atoms with Crippen molar-refractivity contribution in [3.63, 3.8) is 0 Å². The lowest BCUT2D eigenvalue weighted by molar-refractivity contribution is -0.121. The Labute approximate surface area is 84.8 Å². The molecule has 1 heterocycles. The van der Waals surface area contributed by atoms with Crippen molar-refractivity contribution in [2.45, 2.75) is 25.7 Å². The summed E-state index contributed by atoms with van der Waals surface area (Å²) in [4.78, 5) is 13.4. The molecule has 2 rings (SSSR count). The standard InChI is InChI=1S/C10H19N3O/c11-12-10(14)4-5-13-6-8-2-1-3-9(8)7-13/h8-9H,1-7,11H2,(H,12,14). The van der Waals surface area contributed by atoms with Gasteiger partial charge < -0.3 is 4.90 Å². The lowest BCUT2D eigenvalue weighted by Crippen LogP contribution is -2.33. The highest BCUT2D eigenvalue weighted by atomic mass is 16.2. The summed E-state index contributed by atoms with van der Waals surface area (Å²) in [6, 6.07) is 0. The maximum absolute atomic E-state index is 11.0. The zero-order valence-electron chi connectivity index (χ0n) is 8.54. The van der Waals surface area contributed by atoms with Crippen molar-refractivity contribution in [3.05, 3.63) is 0 Å². The zero-order valence-corrected chi connectivity index (χ0v) is 8.54. The van der Waals surface area contributed by atoms with Gasteiger partial charge in [-0.05, 0) is 24.7 Å². The first-order valence-electron chi connectivity index (χ1n) is 5.51. The van der Waals surface area contributed by atoms with Gasteiger partial charge in [0.05, 0.1) is 0 Å². The third kappa shape index (κ3) is 2.07. The fourth-order valence-corrected chi connectivity index (χ4v) is 2.85. The number of likely N-dealkylation sites (tertiary alicyclic amines) is 1. The third-order valence-corrected chi connectivity index (χ3v) is 3.62. The molecule has 2 aliphatic rings. The average Bonchev–Trinajstić information content (AvgIpc) is 2.73. The Hall–Kier alpha value is -0.610. The van der Waals surface area contributed by atoms with E-state index in [2.05, 4.69) is 10.3 Å². The first kappa shape index (κ1) is 9.93. The Bertz CT molecular complexity index is 207. The van der Waals surface area contributed by atoms with Gasteiger partial charge >= 0.3 is 0 Å². The maximum Gasteiger partial charge on any atom is 0.235 e. The first-order valence-corrected chi connectivity index (χ1v) is 5.51. The number of nitrogens with two attached hydrogens (primary N) is 1. The number of nitrogens with zero attached hydrogens (tertiary/aromatic N) is 1. The SMILES string of the molecule is NNC(=O)CCN1CC2CCCC2C1. The molecule has 2 atom stereocenters. The second-order valence-corrected chi connectivity index (χ2v) is 4.53. The number of amides is 1. The van der Waals surface area contributed by atoms with E-state index >= 15 is 0 Å². The molecule has 1 saturated carbocycles. The highest BCUT2D eigenvalue weighted by Gasteiger charge is 2.35. The maximum atomic E-state index is 11.0. The molecule has 2 unspecified atom stereocenters. The predicted molar refractivity (Wildman–Crippen MR) is 54.2 cm³/mol. The minimum Gasteiger partial charge on any atom is -0.302 e. The van der Waals surface area contributed by atoms with Gasteiger partial charge in [-0.25, -0.2) is 5.84 Å². The minimum absolute atomic E-state index is 0.0536. The smallest absolute Gasteiger partial charge is 0.235 e. The van der Waals surface area contributed by atoms with Gasteiger partial charge in [-0.3, -0.25) is 10.2 Å². The Morgan fingerprint density at radius 3 is 2.57 bits per heavy atom. The molecule has 80 valence electrons. The fourth-order valence-electron chi connectivity index (χ4n) is 2.85. The molecule has 1 amide bonds. The van der Waals surface area contributed by atoms with Crippen LogP contribution in [-0.4, -0.2) is 30.4 Å². The van der Waals surface area contributed by atoms with E-state index in [1.54, 1.807) is 0 Å². The molecule has 2 fully saturated rings. The van der Waals surface area contributed by atoms with E-state index in [-0.39, 0.29) is 5.91 Å². The van der Waals surface area contributed by atoms with Crippen molar-refractivity contribution in [3.8, 4) is 0 Å². The lowest BCUT2D eigenvalue weighted by Gasteiger charge is -2.15. The molecule has 1 aliphatic heterocycles. The van der Waals surface area contributed by atoms with Crippen molar-refractivity contribution in [2.75, 3.05) is 19.6 Å². The molecule has 0 aromatic heterocycles. The van der Waals surface area contributed by atoms with Crippen molar-refractivity contribution in [1.82, 2.24) is 10.3 Å². The molecule has 0 aromatic rings. The van der Waals surface area contributed by atoms with E-state index in [0.717, 1.165) is 18.4 Å². The first-order chi connectivity index (χ1) is 6.79. The van der Waals surface area contributed by atoms with Crippen LogP contribution in [0.25, 0.3) is 0 Å². The molecule has 0 spiro atoms. The molecule has 1 aliphatic carbocycles. The molecule has 14 heavy (non-hydrogen) atoms. The number of hydrogen-bond acceptors (Lipinski definition) is 3. The Morgan fingerprint density at radius 2 is 2.00 bits per heavy atom. The van der Waals surface area contributed by atoms with Crippen LogP contribution in [0.5, 0.6) is 0 Å². The van der Waals surface area contributed by atoms with E-state index in [1.165, 1.54) is 32.4 Å². The van der Waals surface area contributed by atoms with E-state index in [0.29, 0.717) is 6.42 Å². The van der Waals surface area contributed by atoms with Gasteiger partial charge in [0.25, 0.3) is 0 Å². The summed E-state index contributed by atoms with van der Waals surface area (Å²) in [6.45, 7) is 3.26. The normalized spacial score (nSPS) is 31.8. The van der Waals surface area contributed by atoms with Gasteiger partial charge in [0.2, 0.25) is 5.91 Å². The van der Waals surface area contributed by atoms with Gasteiger partial charge in [-0.2, -0.15) is 0 Å². The molecule has 1 saturated heterocycles. The highest BCUT2D eigenvalue weighted by molar-refractivity contribution is 5.75. The van der Waals surface area contributed by atoms with Crippen LogP contribution in [0.15, 0.2) is 0 Å². The van der Waals surface area contributed by atoms with E-state index in [9.17, 15) is 4.79 Å². The summed E-state index contributed by atoms with van der Waals surface area (Å²) in [6.07, 6.45) is 4.73. The number of carbonyl (C=O) groups excluding carboxylic acids is 1. The van der Waals surface area contributed by atoms with Crippen LogP contribution < -0.4 is 11.3 Å². The van der Waals surface area contributed by atoms with Crippen LogP contribution in [0.2, 0.25) is 0 Å². The lowest BCUT2D eigenvalue weighted by atomic mass is 10.0. The average molecular weight is 197 g/mol. The van der Waals surface area contributed by atoms with Crippen LogP contribution in [0.4, 0.5) is 0 Å². The zero-order chi connectivity index (χ0) is 9.97. The number of fused-ring (bicyclic) bond motifs is 1. The van der Waals surface area contributed by atoms with Crippen molar-refractivity contribution in [2.24, 2.45) is 17.7 Å². The van der Waals surface area contributed by atoms with Crippen LogP contribution in [0.1, 0.15) is 25.7 Å². The second kappa shape index (κ2) is 4.28. The molecule has 4 heteroatoms. The van der Waals surface area contributed by atoms with Crippen LogP contribution in [0, 0.1) is 11.8 Å². The van der Waals surface area contributed by atoms with Gasteiger partial charge in [0, 0.05) is 26.1 Å². The molecule has 0 radical (unpaired) electrons. The highest BCUT2D eigenvalue weighted by Crippen LogP contribution is 2.37. The summed E-state index contributed by atoms with van der Waals surface area (Å²) in [7, 11) is 0. The van der Waals surface area contributed by atoms with E-state index < -0.39 is 0 Å². The van der Waals surface area contributed by atoms with Crippen LogP contribution in [-0.2, 0) is 4.79 Å². The van der Waals surface area contributed by atoms with Gasteiger partial charge in [0.15, 0.2) is 0 Å². The van der Waals surface area contributed by atoms with Crippen molar-refractivity contribution in [1.29, 1.82) is 0 Å². The molecule has 0 bridgehead atoms. The monoisotopic (exact) mass is 197 g/mol. The van der Waals surface area contributed by atoms with Gasteiger partial charge in [-0.15, -0.1) is 0 Å². The van der Waals surface area contributed by atoms with Crippen molar-refractivity contribution >= 4 is 5.91 Å². The van der Waals surface area contributed by atoms with Gasteiger partial charge in [-0.1, -0.05) is 6.42 Å². The predicted octanol–water partition coefficient (Wildman–Crippen LogP) is 0.0983. The third-order valence-electron chi connectivity index (χ3n) is 3.62. The number of hydrogen-bond donors (Lipinski definition) is 2. The van der Waals surface area contributed by atoms with Crippen LogP contribution in [0.3, 0.4) is 0 Å². The van der Waals surface area contributed by atoms with Crippen molar-refractivity contribution < 1.29 is 4.79 Å². The quantitative estimate of drug-likeness (QED) is 0.383. The summed E-state index contributed by atoms with van der Waals surface area (Å²) >= 11 is 0. The number of hydrazine groups is 1. The molecular weight excluding hydrogens is 178 g/mol. The largest absolute Gasteiger partial charge is 0.302 e. The van der Waals surface area contributed by atoms with E-state index in [1.807, 2.05) is 0 Å². The Balaban J connectivity index is 1.71. The summed E-state index contributed by atoms with van der Waals surface area (Å²) in [5.74, 6) is 6.80. The number of rotatable bonds is 3.